The van der Waals surface area contributed by atoms with E-state index in [4.69, 9.17) is 17.3 Å². The van der Waals surface area contributed by atoms with Crippen molar-refractivity contribution in [3.63, 3.8) is 0 Å². The largest absolute Gasteiger partial charge is 0.370 e. The van der Waals surface area contributed by atoms with Gasteiger partial charge in [0.05, 0.1) is 0 Å². The number of rotatable bonds is 4. The lowest BCUT2D eigenvalue weighted by Crippen LogP contribution is -2.16. The molecule has 20 heavy (non-hydrogen) atoms. The molecule has 1 unspecified atom stereocenters. The summed E-state index contributed by atoms with van der Waals surface area (Å²) in [6.45, 7) is 2.82. The quantitative estimate of drug-likeness (QED) is 0.858. The Kier molecular flexibility index (Phi) is 5.08. The van der Waals surface area contributed by atoms with Crippen LogP contribution in [0.4, 0.5) is 5.69 Å². The molecule has 0 saturated heterocycles. The molecule has 2 rings (SSSR count). The van der Waals surface area contributed by atoms with Crippen molar-refractivity contribution in [2.45, 2.75) is 19.5 Å². The Bertz CT molecular complexity index is 582. The first-order valence-electron chi connectivity index (χ1n) is 6.48. The van der Waals surface area contributed by atoms with Crippen molar-refractivity contribution >= 4 is 33.2 Å². The highest BCUT2D eigenvalue weighted by Gasteiger charge is 2.08. The van der Waals surface area contributed by atoms with Crippen molar-refractivity contribution < 1.29 is 0 Å². The van der Waals surface area contributed by atoms with Gasteiger partial charge in [-0.2, -0.15) is 0 Å². The Balaban J connectivity index is 2.15. The summed E-state index contributed by atoms with van der Waals surface area (Å²) in [7, 11) is 2.07. The maximum absolute atomic E-state index is 5.92. The molecule has 2 N–H and O–H groups in total. The van der Waals surface area contributed by atoms with E-state index in [0.29, 0.717) is 0 Å². The van der Waals surface area contributed by atoms with Crippen LogP contribution in [0.5, 0.6) is 0 Å². The minimum Gasteiger partial charge on any atom is -0.370 e. The van der Waals surface area contributed by atoms with Crippen molar-refractivity contribution in [3.05, 3.63) is 63.1 Å². The van der Waals surface area contributed by atoms with Crippen molar-refractivity contribution in [1.82, 2.24) is 0 Å². The van der Waals surface area contributed by atoms with Gasteiger partial charge in [-0.05, 0) is 42.3 Å². The van der Waals surface area contributed by atoms with Gasteiger partial charge in [0, 0.05) is 34.8 Å². The second-order valence-corrected chi connectivity index (χ2v) is 6.27. The number of hydrogen-bond donors (Lipinski definition) is 1. The van der Waals surface area contributed by atoms with Crippen molar-refractivity contribution in [2.75, 3.05) is 11.9 Å². The Morgan fingerprint density at radius 3 is 2.40 bits per heavy atom. The minimum absolute atomic E-state index is 0.0278. The summed E-state index contributed by atoms with van der Waals surface area (Å²) in [5, 5.41) is 0.764. The molecule has 1 atom stereocenters. The van der Waals surface area contributed by atoms with Crippen LogP contribution in [0.1, 0.15) is 24.1 Å². The SMILES string of the molecule is CC(N)c1ccc(N(C)Cc2ccc(Cl)cc2)cc1Br. The maximum Gasteiger partial charge on any atom is 0.0426 e. The highest BCUT2D eigenvalue weighted by Crippen LogP contribution is 2.27. The van der Waals surface area contributed by atoms with Crippen LogP contribution < -0.4 is 10.6 Å². The molecule has 0 aliphatic carbocycles. The van der Waals surface area contributed by atoms with E-state index in [-0.39, 0.29) is 6.04 Å². The molecule has 0 spiro atoms. The molecular formula is C16H18BrClN2. The first-order chi connectivity index (χ1) is 9.47. The fourth-order valence-corrected chi connectivity index (χ4v) is 2.93. The summed E-state index contributed by atoms with van der Waals surface area (Å²) in [5.41, 5.74) is 9.42. The minimum atomic E-state index is 0.0278. The van der Waals surface area contributed by atoms with Crippen LogP contribution in [0.15, 0.2) is 46.9 Å². The Morgan fingerprint density at radius 2 is 1.85 bits per heavy atom. The lowest BCUT2D eigenvalue weighted by atomic mass is 10.1. The average Bonchev–Trinajstić information content (AvgIpc) is 2.40. The van der Waals surface area contributed by atoms with Gasteiger partial charge in [0.2, 0.25) is 0 Å². The summed E-state index contributed by atoms with van der Waals surface area (Å²) in [6, 6.07) is 14.2. The zero-order valence-corrected chi connectivity index (χ0v) is 13.9. The van der Waals surface area contributed by atoms with E-state index in [9.17, 15) is 0 Å². The molecule has 0 saturated carbocycles. The van der Waals surface area contributed by atoms with E-state index in [1.54, 1.807) is 0 Å². The van der Waals surface area contributed by atoms with Crippen molar-refractivity contribution in [2.24, 2.45) is 5.73 Å². The summed E-state index contributed by atoms with van der Waals surface area (Å²) in [5.74, 6) is 0. The van der Waals surface area contributed by atoms with Gasteiger partial charge >= 0.3 is 0 Å². The molecule has 2 aromatic rings. The third-order valence-corrected chi connectivity index (χ3v) is 4.19. The summed E-state index contributed by atoms with van der Waals surface area (Å²) < 4.78 is 1.05. The van der Waals surface area contributed by atoms with Gasteiger partial charge in [-0.15, -0.1) is 0 Å². The number of nitrogens with two attached hydrogens (primary N) is 1. The maximum atomic E-state index is 5.92. The summed E-state index contributed by atoms with van der Waals surface area (Å²) in [4.78, 5) is 2.19. The van der Waals surface area contributed by atoms with Gasteiger partial charge in [-0.3, -0.25) is 0 Å². The predicted octanol–water partition coefficient (Wildman–Crippen LogP) is 4.76. The predicted molar refractivity (Wildman–Crippen MR) is 90.3 cm³/mol. The molecule has 0 fully saturated rings. The number of nitrogens with zero attached hydrogens (tertiary/aromatic N) is 1. The number of benzene rings is 2. The molecule has 2 nitrogen and oxygen atoms in total. The Hall–Kier alpha value is -1.03. The lowest BCUT2D eigenvalue weighted by molar-refractivity contribution is 0.812. The molecule has 0 radical (unpaired) electrons. The van der Waals surface area contributed by atoms with Crippen LogP contribution in [-0.2, 0) is 6.54 Å². The zero-order valence-electron chi connectivity index (χ0n) is 11.6. The van der Waals surface area contributed by atoms with E-state index >= 15 is 0 Å². The second-order valence-electron chi connectivity index (χ2n) is 4.98. The molecule has 0 aromatic heterocycles. The molecule has 0 bridgehead atoms. The molecule has 4 heteroatoms. The first-order valence-corrected chi connectivity index (χ1v) is 7.65. The van der Waals surface area contributed by atoms with E-state index in [0.717, 1.165) is 27.3 Å². The first kappa shape index (κ1) is 15.4. The molecule has 0 aliphatic rings. The lowest BCUT2D eigenvalue weighted by Gasteiger charge is -2.21. The third-order valence-electron chi connectivity index (χ3n) is 3.25. The van der Waals surface area contributed by atoms with E-state index in [2.05, 4.69) is 46.1 Å². The highest BCUT2D eigenvalue weighted by molar-refractivity contribution is 9.10. The van der Waals surface area contributed by atoms with Crippen LogP contribution in [0.2, 0.25) is 5.02 Å². The average molecular weight is 354 g/mol. The van der Waals surface area contributed by atoms with Crippen LogP contribution in [-0.4, -0.2) is 7.05 Å². The van der Waals surface area contributed by atoms with E-state index < -0.39 is 0 Å². The Labute approximate surface area is 133 Å². The molecular weight excluding hydrogens is 336 g/mol. The number of anilines is 1. The molecule has 2 aromatic carbocycles. The fraction of sp³-hybridized carbons (Fsp3) is 0.250. The zero-order chi connectivity index (χ0) is 14.7. The van der Waals surface area contributed by atoms with Gasteiger partial charge in [0.1, 0.15) is 0 Å². The topological polar surface area (TPSA) is 29.3 Å². The van der Waals surface area contributed by atoms with Gasteiger partial charge in [0.15, 0.2) is 0 Å². The molecule has 0 aliphatic heterocycles. The monoisotopic (exact) mass is 352 g/mol. The standard InChI is InChI=1S/C16H18BrClN2/c1-11(19)15-8-7-14(9-16(15)17)20(2)10-12-3-5-13(18)6-4-12/h3-9,11H,10,19H2,1-2H3. The second kappa shape index (κ2) is 6.61. The van der Waals surface area contributed by atoms with Gasteiger partial charge in [0.25, 0.3) is 0 Å². The van der Waals surface area contributed by atoms with Crippen LogP contribution in [0.25, 0.3) is 0 Å². The summed E-state index contributed by atoms with van der Waals surface area (Å²) >= 11 is 9.49. The number of halogens is 2. The smallest absolute Gasteiger partial charge is 0.0426 e. The van der Waals surface area contributed by atoms with Crippen LogP contribution in [0.3, 0.4) is 0 Å². The molecule has 106 valence electrons. The van der Waals surface area contributed by atoms with Crippen LogP contribution >= 0.6 is 27.5 Å². The van der Waals surface area contributed by atoms with Gasteiger partial charge in [-0.25, -0.2) is 0 Å². The Morgan fingerprint density at radius 1 is 1.20 bits per heavy atom. The number of hydrogen-bond acceptors (Lipinski definition) is 2. The van der Waals surface area contributed by atoms with Crippen molar-refractivity contribution in [3.8, 4) is 0 Å². The third kappa shape index (κ3) is 3.75. The fourth-order valence-electron chi connectivity index (χ4n) is 2.08. The summed E-state index contributed by atoms with van der Waals surface area (Å²) in [6.07, 6.45) is 0. The van der Waals surface area contributed by atoms with Crippen LogP contribution in [0, 0.1) is 0 Å². The van der Waals surface area contributed by atoms with Gasteiger partial charge < -0.3 is 10.6 Å². The molecule has 0 amide bonds. The van der Waals surface area contributed by atoms with E-state index in [1.165, 1.54) is 5.56 Å². The van der Waals surface area contributed by atoms with Crippen molar-refractivity contribution in [1.29, 1.82) is 0 Å². The molecule has 0 heterocycles. The normalized spacial score (nSPS) is 12.2. The highest BCUT2D eigenvalue weighted by atomic mass is 79.9. The van der Waals surface area contributed by atoms with E-state index in [1.807, 2.05) is 31.2 Å². The van der Waals surface area contributed by atoms with Gasteiger partial charge in [-0.1, -0.05) is 45.7 Å².